The summed E-state index contributed by atoms with van der Waals surface area (Å²) in [4.78, 5) is 18.0. The third kappa shape index (κ3) is 5.14. The molecule has 0 radical (unpaired) electrons. The van der Waals surface area contributed by atoms with Gasteiger partial charge in [0.05, 0.1) is 30.7 Å². The van der Waals surface area contributed by atoms with Gasteiger partial charge in [-0.25, -0.2) is 0 Å². The average molecular weight is 281 g/mol. The first kappa shape index (κ1) is 16.4. The van der Waals surface area contributed by atoms with Gasteiger partial charge >= 0.3 is 0 Å². The van der Waals surface area contributed by atoms with Gasteiger partial charge in [-0.2, -0.15) is 0 Å². The van der Waals surface area contributed by atoms with Crippen LogP contribution in [-0.4, -0.2) is 55.3 Å². The van der Waals surface area contributed by atoms with Crippen LogP contribution in [0.1, 0.15) is 24.2 Å². The molecule has 2 N–H and O–H groups in total. The van der Waals surface area contributed by atoms with E-state index in [1.807, 2.05) is 13.8 Å². The van der Waals surface area contributed by atoms with E-state index < -0.39 is 0 Å². The Bertz CT molecular complexity index is 402. The van der Waals surface area contributed by atoms with Gasteiger partial charge in [0.1, 0.15) is 0 Å². The normalized spacial score (nSPS) is 10.5. The highest BCUT2D eigenvalue weighted by Gasteiger charge is 2.17. The lowest BCUT2D eigenvalue weighted by Crippen LogP contribution is -2.37. The number of carbonyl (C=O) groups is 1. The van der Waals surface area contributed by atoms with Crippen LogP contribution in [0.5, 0.6) is 0 Å². The zero-order chi connectivity index (χ0) is 14.8. The van der Waals surface area contributed by atoms with Gasteiger partial charge in [0.2, 0.25) is 0 Å². The van der Waals surface area contributed by atoms with Crippen molar-refractivity contribution in [3.05, 3.63) is 24.0 Å². The van der Waals surface area contributed by atoms with Gasteiger partial charge < -0.3 is 20.1 Å². The van der Waals surface area contributed by atoms with E-state index in [1.165, 1.54) is 6.20 Å². The number of nitrogen functional groups attached to an aromatic ring is 1. The number of amides is 1. The third-order valence-electron chi connectivity index (χ3n) is 2.79. The maximum atomic E-state index is 12.5. The highest BCUT2D eigenvalue weighted by Crippen LogP contribution is 2.12. The first-order chi connectivity index (χ1) is 9.70. The molecule has 0 aliphatic rings. The van der Waals surface area contributed by atoms with Crippen LogP contribution >= 0.6 is 0 Å². The number of aromatic nitrogens is 1. The monoisotopic (exact) mass is 281 g/mol. The fraction of sp³-hybridized carbons (Fsp3) is 0.571. The predicted octanol–water partition coefficient (Wildman–Crippen LogP) is 1.18. The van der Waals surface area contributed by atoms with E-state index in [2.05, 4.69) is 4.98 Å². The third-order valence-corrected chi connectivity index (χ3v) is 2.79. The average Bonchev–Trinajstić information content (AvgIpc) is 2.46. The van der Waals surface area contributed by atoms with Crippen LogP contribution in [0.15, 0.2) is 18.5 Å². The van der Waals surface area contributed by atoms with Crippen LogP contribution in [0.4, 0.5) is 5.69 Å². The molecule has 0 aromatic carbocycles. The molecule has 0 saturated heterocycles. The Balaban J connectivity index is 2.69. The van der Waals surface area contributed by atoms with E-state index in [0.717, 1.165) is 0 Å². The summed E-state index contributed by atoms with van der Waals surface area (Å²) in [5.74, 6) is -0.121. The number of ether oxygens (including phenoxy) is 2. The van der Waals surface area contributed by atoms with Crippen molar-refractivity contribution in [3.63, 3.8) is 0 Å². The molecule has 0 spiro atoms. The molecular weight excluding hydrogens is 258 g/mol. The zero-order valence-corrected chi connectivity index (χ0v) is 12.2. The summed E-state index contributed by atoms with van der Waals surface area (Å²) in [7, 11) is 0. The van der Waals surface area contributed by atoms with E-state index >= 15 is 0 Å². The van der Waals surface area contributed by atoms with Crippen molar-refractivity contribution in [3.8, 4) is 0 Å². The van der Waals surface area contributed by atoms with Crippen LogP contribution in [0.2, 0.25) is 0 Å². The van der Waals surface area contributed by atoms with Gasteiger partial charge in [-0.3, -0.25) is 9.78 Å². The molecule has 0 fully saturated rings. The molecule has 1 heterocycles. The van der Waals surface area contributed by atoms with Crippen LogP contribution in [0.3, 0.4) is 0 Å². The second-order valence-electron chi connectivity index (χ2n) is 4.15. The molecule has 0 atom stereocenters. The molecule has 112 valence electrons. The molecule has 6 nitrogen and oxygen atoms in total. The summed E-state index contributed by atoms with van der Waals surface area (Å²) in [5.41, 5.74) is 6.65. The standard InChI is InChI=1S/C14H23N3O3/c1-3-19-9-7-17(8-10-20-4-2)14(18)12-5-6-16-11-13(12)15/h5-6,11H,3-4,7-10,15H2,1-2H3. The molecule has 1 aromatic rings. The molecule has 0 aliphatic heterocycles. The van der Waals surface area contributed by atoms with Gasteiger partial charge in [-0.1, -0.05) is 0 Å². The largest absolute Gasteiger partial charge is 0.397 e. The second kappa shape index (κ2) is 9.28. The lowest BCUT2D eigenvalue weighted by atomic mass is 10.2. The summed E-state index contributed by atoms with van der Waals surface area (Å²) < 4.78 is 10.6. The van der Waals surface area contributed by atoms with E-state index in [0.29, 0.717) is 50.8 Å². The number of hydrogen-bond donors (Lipinski definition) is 1. The van der Waals surface area contributed by atoms with Crippen LogP contribution in [0.25, 0.3) is 0 Å². The minimum Gasteiger partial charge on any atom is -0.397 e. The smallest absolute Gasteiger partial charge is 0.256 e. The predicted molar refractivity (Wildman–Crippen MR) is 77.5 cm³/mol. The van der Waals surface area contributed by atoms with Crippen molar-refractivity contribution < 1.29 is 14.3 Å². The van der Waals surface area contributed by atoms with Crippen molar-refractivity contribution in [2.24, 2.45) is 0 Å². The Kier molecular flexibility index (Phi) is 7.60. The number of anilines is 1. The molecule has 0 saturated carbocycles. The summed E-state index contributed by atoms with van der Waals surface area (Å²) in [6.07, 6.45) is 3.04. The van der Waals surface area contributed by atoms with Crippen LogP contribution in [-0.2, 0) is 9.47 Å². The van der Waals surface area contributed by atoms with Gasteiger partial charge in [0.25, 0.3) is 5.91 Å². The van der Waals surface area contributed by atoms with E-state index in [1.54, 1.807) is 17.2 Å². The first-order valence-corrected chi connectivity index (χ1v) is 6.84. The van der Waals surface area contributed by atoms with E-state index in [4.69, 9.17) is 15.2 Å². The number of rotatable bonds is 9. The van der Waals surface area contributed by atoms with Crippen LogP contribution < -0.4 is 5.73 Å². The van der Waals surface area contributed by atoms with Crippen molar-refractivity contribution in [2.45, 2.75) is 13.8 Å². The Morgan fingerprint density at radius 2 is 1.85 bits per heavy atom. The summed E-state index contributed by atoms with van der Waals surface area (Å²) >= 11 is 0. The molecule has 1 rings (SSSR count). The molecule has 6 heteroatoms. The summed E-state index contributed by atoms with van der Waals surface area (Å²) in [6.45, 7) is 7.14. The summed E-state index contributed by atoms with van der Waals surface area (Å²) in [6, 6.07) is 1.63. The molecule has 1 amide bonds. The number of nitrogens with zero attached hydrogens (tertiary/aromatic N) is 2. The van der Waals surface area contributed by atoms with Gasteiger partial charge in [0.15, 0.2) is 0 Å². The maximum absolute atomic E-state index is 12.5. The van der Waals surface area contributed by atoms with Crippen molar-refractivity contribution in [1.29, 1.82) is 0 Å². The second-order valence-corrected chi connectivity index (χ2v) is 4.15. The van der Waals surface area contributed by atoms with Gasteiger partial charge in [-0.15, -0.1) is 0 Å². The molecule has 0 bridgehead atoms. The fourth-order valence-corrected chi connectivity index (χ4v) is 1.72. The highest BCUT2D eigenvalue weighted by molar-refractivity contribution is 5.98. The van der Waals surface area contributed by atoms with E-state index in [9.17, 15) is 4.79 Å². The number of pyridine rings is 1. The minimum absolute atomic E-state index is 0.121. The van der Waals surface area contributed by atoms with Crippen molar-refractivity contribution in [1.82, 2.24) is 9.88 Å². The lowest BCUT2D eigenvalue weighted by Gasteiger charge is -2.23. The Labute approximate surface area is 119 Å². The Morgan fingerprint density at radius 1 is 1.25 bits per heavy atom. The first-order valence-electron chi connectivity index (χ1n) is 6.84. The zero-order valence-electron chi connectivity index (χ0n) is 12.2. The molecular formula is C14H23N3O3. The van der Waals surface area contributed by atoms with Crippen molar-refractivity contribution in [2.75, 3.05) is 45.3 Å². The minimum atomic E-state index is -0.121. The lowest BCUT2D eigenvalue weighted by molar-refractivity contribution is 0.0551. The Morgan fingerprint density at radius 3 is 2.35 bits per heavy atom. The molecule has 1 aromatic heterocycles. The van der Waals surface area contributed by atoms with E-state index in [-0.39, 0.29) is 5.91 Å². The number of hydrogen-bond acceptors (Lipinski definition) is 5. The highest BCUT2D eigenvalue weighted by atomic mass is 16.5. The molecule has 0 unspecified atom stereocenters. The SMILES string of the molecule is CCOCCN(CCOCC)C(=O)c1ccncc1N. The number of nitrogens with two attached hydrogens (primary N) is 1. The number of carbonyl (C=O) groups excluding carboxylic acids is 1. The van der Waals surface area contributed by atoms with Gasteiger partial charge in [-0.05, 0) is 19.9 Å². The maximum Gasteiger partial charge on any atom is 0.256 e. The topological polar surface area (TPSA) is 77.7 Å². The fourth-order valence-electron chi connectivity index (χ4n) is 1.72. The Hall–Kier alpha value is -1.66. The quantitative estimate of drug-likeness (QED) is 0.688. The van der Waals surface area contributed by atoms with Crippen molar-refractivity contribution >= 4 is 11.6 Å². The van der Waals surface area contributed by atoms with Crippen LogP contribution in [0, 0.1) is 0 Å². The van der Waals surface area contributed by atoms with Gasteiger partial charge in [0, 0.05) is 32.5 Å². The summed E-state index contributed by atoms with van der Waals surface area (Å²) in [5, 5.41) is 0. The molecule has 0 aliphatic carbocycles. The molecule has 20 heavy (non-hydrogen) atoms.